The fourth-order valence-corrected chi connectivity index (χ4v) is 2.48. The lowest BCUT2D eigenvalue weighted by molar-refractivity contribution is -0.143. The summed E-state index contributed by atoms with van der Waals surface area (Å²) in [6.45, 7) is -0.456. The number of methoxy groups -OCH3 is 1. The van der Waals surface area contributed by atoms with Crippen molar-refractivity contribution < 1.29 is 29.0 Å². The van der Waals surface area contributed by atoms with Crippen LogP contribution in [0.25, 0.3) is 0 Å². The summed E-state index contributed by atoms with van der Waals surface area (Å²) in [7, 11) is 1.23. The molecule has 9 nitrogen and oxygen atoms in total. The summed E-state index contributed by atoms with van der Waals surface area (Å²) in [5.41, 5.74) is 6.90. The third-order valence-corrected chi connectivity index (χ3v) is 3.97. The van der Waals surface area contributed by atoms with Crippen LogP contribution in [0.3, 0.4) is 0 Å². The summed E-state index contributed by atoms with van der Waals surface area (Å²) in [4.78, 5) is 35.1. The van der Waals surface area contributed by atoms with Crippen LogP contribution in [0.5, 0.6) is 5.75 Å². The molecule has 0 aromatic heterocycles. The third kappa shape index (κ3) is 6.35. The van der Waals surface area contributed by atoms with E-state index in [1.54, 1.807) is 36.4 Å². The monoisotopic (exact) mass is 399 g/mol. The first-order valence-electron chi connectivity index (χ1n) is 8.57. The van der Waals surface area contributed by atoms with E-state index in [2.05, 4.69) is 5.32 Å². The molecule has 1 amide bonds. The molecule has 1 atom stereocenters. The van der Waals surface area contributed by atoms with Gasteiger partial charge in [0.15, 0.2) is 6.61 Å². The molecule has 0 aliphatic heterocycles. The van der Waals surface area contributed by atoms with Crippen molar-refractivity contribution in [1.82, 2.24) is 5.32 Å². The number of benzene rings is 2. The van der Waals surface area contributed by atoms with Crippen molar-refractivity contribution in [1.29, 1.82) is 5.41 Å². The van der Waals surface area contributed by atoms with E-state index in [9.17, 15) is 14.4 Å². The number of amides is 1. The average molecular weight is 399 g/mol. The van der Waals surface area contributed by atoms with E-state index in [-0.39, 0.29) is 12.3 Å². The number of esters is 1. The van der Waals surface area contributed by atoms with Crippen molar-refractivity contribution in [3.63, 3.8) is 0 Å². The Morgan fingerprint density at radius 2 is 1.66 bits per heavy atom. The van der Waals surface area contributed by atoms with Crippen LogP contribution in [-0.4, -0.2) is 48.5 Å². The lowest BCUT2D eigenvalue weighted by Crippen LogP contribution is -2.43. The predicted octanol–water partition coefficient (Wildman–Crippen LogP) is 0.948. The lowest BCUT2D eigenvalue weighted by Gasteiger charge is -2.17. The molecule has 0 heterocycles. The van der Waals surface area contributed by atoms with E-state index in [0.29, 0.717) is 16.9 Å². The summed E-state index contributed by atoms with van der Waals surface area (Å²) in [5, 5.41) is 18.6. The second-order valence-electron chi connectivity index (χ2n) is 6.07. The summed E-state index contributed by atoms with van der Waals surface area (Å²) >= 11 is 0. The quantitative estimate of drug-likeness (QED) is 0.278. The number of hydrogen-bond donors (Lipinski definition) is 4. The van der Waals surface area contributed by atoms with Gasteiger partial charge in [0.1, 0.15) is 17.6 Å². The smallest absolute Gasteiger partial charge is 0.341 e. The maximum atomic E-state index is 12.5. The van der Waals surface area contributed by atoms with Gasteiger partial charge >= 0.3 is 11.9 Å². The Kier molecular flexibility index (Phi) is 7.30. The Hall–Kier alpha value is -3.88. The molecule has 0 saturated carbocycles. The van der Waals surface area contributed by atoms with Crippen molar-refractivity contribution in [2.75, 3.05) is 13.7 Å². The topological polar surface area (TPSA) is 152 Å². The highest BCUT2D eigenvalue weighted by atomic mass is 16.5. The molecule has 2 aromatic rings. The number of hydrogen-bond acceptors (Lipinski definition) is 6. The number of carboxylic acid groups (broad SMARTS) is 1. The first-order chi connectivity index (χ1) is 13.8. The molecule has 152 valence electrons. The molecule has 0 bridgehead atoms. The number of ether oxygens (including phenoxy) is 2. The van der Waals surface area contributed by atoms with Gasteiger partial charge in [-0.3, -0.25) is 10.2 Å². The fourth-order valence-electron chi connectivity index (χ4n) is 2.48. The Balaban J connectivity index is 2.07. The van der Waals surface area contributed by atoms with Crippen LogP contribution in [-0.2, 0) is 20.7 Å². The molecule has 0 aliphatic rings. The average Bonchev–Trinajstić information content (AvgIpc) is 2.72. The number of amidine groups is 1. The molecule has 0 radical (unpaired) electrons. The third-order valence-electron chi connectivity index (χ3n) is 3.97. The van der Waals surface area contributed by atoms with E-state index in [1.165, 1.54) is 19.2 Å². The molecule has 9 heteroatoms. The second-order valence-corrected chi connectivity index (χ2v) is 6.07. The van der Waals surface area contributed by atoms with Gasteiger partial charge in [0.2, 0.25) is 0 Å². The zero-order valence-electron chi connectivity index (χ0n) is 15.7. The van der Waals surface area contributed by atoms with Crippen LogP contribution < -0.4 is 15.8 Å². The molecular weight excluding hydrogens is 378 g/mol. The first kappa shape index (κ1) is 21.4. The van der Waals surface area contributed by atoms with Crippen molar-refractivity contribution >= 4 is 23.7 Å². The zero-order valence-corrected chi connectivity index (χ0v) is 15.7. The van der Waals surface area contributed by atoms with Crippen LogP contribution in [0, 0.1) is 5.41 Å². The molecule has 0 saturated heterocycles. The normalized spacial score (nSPS) is 11.2. The maximum Gasteiger partial charge on any atom is 0.341 e. The van der Waals surface area contributed by atoms with Gasteiger partial charge in [-0.25, -0.2) is 9.59 Å². The minimum absolute atomic E-state index is 0.111. The number of nitrogens with one attached hydrogen (secondary N) is 2. The summed E-state index contributed by atoms with van der Waals surface area (Å²) in [6.07, 6.45) is 0.170. The Bertz CT molecular complexity index is 893. The summed E-state index contributed by atoms with van der Waals surface area (Å²) < 4.78 is 9.83. The Morgan fingerprint density at radius 3 is 2.17 bits per heavy atom. The standard InChI is InChI=1S/C20H21N3O6/c1-28-20(27)16(10-12-2-8-15(9-3-12)29-11-17(24)25)23-19(26)14-6-4-13(5-7-14)18(21)22/h2-9,16H,10-11H2,1H3,(H3,21,22)(H,23,26)(H,24,25)/t16-/m1/s1. The molecule has 2 aromatic carbocycles. The van der Waals surface area contributed by atoms with Crippen LogP contribution in [0.1, 0.15) is 21.5 Å². The van der Waals surface area contributed by atoms with Gasteiger partial charge in [0, 0.05) is 17.5 Å². The van der Waals surface area contributed by atoms with Crippen LogP contribution in [0.2, 0.25) is 0 Å². The van der Waals surface area contributed by atoms with Crippen molar-refractivity contribution in [2.45, 2.75) is 12.5 Å². The number of nitrogen functional groups attached to an aromatic ring is 1. The molecule has 0 fully saturated rings. The zero-order chi connectivity index (χ0) is 21.4. The van der Waals surface area contributed by atoms with Crippen molar-refractivity contribution in [2.24, 2.45) is 5.73 Å². The summed E-state index contributed by atoms with van der Waals surface area (Å²) in [5.74, 6) is -1.90. The van der Waals surface area contributed by atoms with Crippen molar-refractivity contribution in [3.05, 3.63) is 65.2 Å². The molecule has 0 spiro atoms. The minimum atomic E-state index is -1.08. The van der Waals surface area contributed by atoms with E-state index < -0.39 is 30.5 Å². The SMILES string of the molecule is COC(=O)[C@@H](Cc1ccc(OCC(=O)O)cc1)NC(=O)c1ccc(C(=N)N)cc1. The molecule has 5 N–H and O–H groups in total. The van der Waals surface area contributed by atoms with Gasteiger partial charge in [0.25, 0.3) is 5.91 Å². The van der Waals surface area contributed by atoms with E-state index in [1.807, 2.05) is 0 Å². The Morgan fingerprint density at radius 1 is 1.07 bits per heavy atom. The summed E-state index contributed by atoms with van der Waals surface area (Å²) in [6, 6.07) is 11.7. The largest absolute Gasteiger partial charge is 0.482 e. The van der Waals surface area contributed by atoms with Crippen molar-refractivity contribution in [3.8, 4) is 5.75 Å². The fraction of sp³-hybridized carbons (Fsp3) is 0.200. The van der Waals surface area contributed by atoms with Crippen LogP contribution in [0.15, 0.2) is 48.5 Å². The highest BCUT2D eigenvalue weighted by molar-refractivity contribution is 5.99. The van der Waals surface area contributed by atoms with E-state index in [0.717, 1.165) is 5.56 Å². The van der Waals surface area contributed by atoms with Crippen LogP contribution >= 0.6 is 0 Å². The van der Waals surface area contributed by atoms with Crippen LogP contribution in [0.4, 0.5) is 0 Å². The lowest BCUT2D eigenvalue weighted by atomic mass is 10.0. The van der Waals surface area contributed by atoms with Gasteiger partial charge in [-0.1, -0.05) is 24.3 Å². The highest BCUT2D eigenvalue weighted by Gasteiger charge is 2.22. The maximum absolute atomic E-state index is 12.5. The van der Waals surface area contributed by atoms with Gasteiger partial charge in [-0.05, 0) is 29.8 Å². The highest BCUT2D eigenvalue weighted by Crippen LogP contribution is 2.14. The van der Waals surface area contributed by atoms with Gasteiger partial charge < -0.3 is 25.6 Å². The molecule has 0 unspecified atom stereocenters. The number of rotatable bonds is 9. The molecule has 2 rings (SSSR count). The second kappa shape index (κ2) is 9.88. The van der Waals surface area contributed by atoms with E-state index in [4.69, 9.17) is 25.7 Å². The number of aliphatic carboxylic acids is 1. The van der Waals surface area contributed by atoms with Gasteiger partial charge in [-0.2, -0.15) is 0 Å². The van der Waals surface area contributed by atoms with Gasteiger partial charge in [-0.15, -0.1) is 0 Å². The number of nitrogens with two attached hydrogens (primary N) is 1. The number of carbonyl (C=O) groups excluding carboxylic acids is 2. The molecule has 0 aliphatic carbocycles. The predicted molar refractivity (Wildman–Crippen MR) is 104 cm³/mol. The van der Waals surface area contributed by atoms with E-state index >= 15 is 0 Å². The molecule has 29 heavy (non-hydrogen) atoms. The minimum Gasteiger partial charge on any atom is -0.482 e. The first-order valence-corrected chi connectivity index (χ1v) is 8.57. The van der Waals surface area contributed by atoms with Gasteiger partial charge in [0.05, 0.1) is 7.11 Å². The Labute approximate surface area is 166 Å². The number of carboxylic acids is 1. The molecular formula is C20H21N3O6. The number of carbonyl (C=O) groups is 3.